The number of benzene rings is 2. The number of ether oxygens (including phenoxy) is 1. The zero-order valence-electron chi connectivity index (χ0n) is 12.6. The molecule has 6 nitrogen and oxygen atoms in total. The number of nitrogens with zero attached hydrogens (tertiary/aromatic N) is 2. The molecule has 0 spiro atoms. The fraction of sp³-hybridized carbons (Fsp3) is 0. The van der Waals surface area contributed by atoms with Crippen LogP contribution in [-0.2, 0) is 0 Å². The molecule has 0 aliphatic carbocycles. The Morgan fingerprint density at radius 1 is 0.917 bits per heavy atom. The summed E-state index contributed by atoms with van der Waals surface area (Å²) in [6.07, 6.45) is 3.47. The van der Waals surface area contributed by atoms with E-state index in [9.17, 15) is 5.11 Å². The second-order valence-corrected chi connectivity index (χ2v) is 5.34. The quantitative estimate of drug-likeness (QED) is 0.535. The summed E-state index contributed by atoms with van der Waals surface area (Å²) >= 11 is 0. The first-order chi connectivity index (χ1) is 11.7. The largest absolute Gasteiger partial charge is 0.508 e. The Hall–Kier alpha value is -3.54. The van der Waals surface area contributed by atoms with Crippen molar-refractivity contribution in [3.05, 3.63) is 60.9 Å². The van der Waals surface area contributed by atoms with Gasteiger partial charge in [-0.1, -0.05) is 12.1 Å². The van der Waals surface area contributed by atoms with Crippen molar-refractivity contribution >= 4 is 16.7 Å². The van der Waals surface area contributed by atoms with Gasteiger partial charge < -0.3 is 15.6 Å². The maximum atomic E-state index is 9.30. The van der Waals surface area contributed by atoms with Gasteiger partial charge in [-0.3, -0.25) is 10.1 Å². The highest BCUT2D eigenvalue weighted by atomic mass is 16.5. The van der Waals surface area contributed by atoms with Gasteiger partial charge in [0.25, 0.3) is 0 Å². The first-order valence-electron chi connectivity index (χ1n) is 7.35. The highest BCUT2D eigenvalue weighted by Crippen LogP contribution is 2.32. The van der Waals surface area contributed by atoms with E-state index in [1.807, 2.05) is 24.3 Å². The summed E-state index contributed by atoms with van der Waals surface area (Å²) in [4.78, 5) is 4.22. The van der Waals surface area contributed by atoms with Gasteiger partial charge in [0.15, 0.2) is 5.82 Å². The number of aromatic amines is 1. The maximum Gasteiger partial charge on any atom is 0.153 e. The van der Waals surface area contributed by atoms with Crippen molar-refractivity contribution in [2.75, 3.05) is 5.73 Å². The first-order valence-corrected chi connectivity index (χ1v) is 7.35. The Morgan fingerprint density at radius 3 is 2.29 bits per heavy atom. The van der Waals surface area contributed by atoms with E-state index < -0.39 is 0 Å². The molecular formula is C18H14N4O2. The van der Waals surface area contributed by atoms with Crippen LogP contribution in [0.4, 0.5) is 5.82 Å². The van der Waals surface area contributed by atoms with Gasteiger partial charge in [-0.05, 0) is 42.0 Å². The van der Waals surface area contributed by atoms with Gasteiger partial charge in [-0.2, -0.15) is 5.10 Å². The van der Waals surface area contributed by atoms with Gasteiger partial charge in [-0.15, -0.1) is 0 Å². The van der Waals surface area contributed by atoms with Crippen LogP contribution in [0.15, 0.2) is 60.9 Å². The number of aromatic nitrogens is 3. The molecule has 2 aromatic heterocycles. The third-order valence-corrected chi connectivity index (χ3v) is 3.74. The minimum atomic E-state index is 0.205. The van der Waals surface area contributed by atoms with E-state index in [1.54, 1.807) is 36.7 Å². The van der Waals surface area contributed by atoms with Crippen LogP contribution in [0.3, 0.4) is 0 Å². The molecule has 0 atom stereocenters. The zero-order chi connectivity index (χ0) is 16.5. The molecular weight excluding hydrogens is 304 g/mol. The first kappa shape index (κ1) is 14.1. The molecule has 6 heteroatoms. The Balaban J connectivity index is 1.66. The summed E-state index contributed by atoms with van der Waals surface area (Å²) in [5.74, 6) is 2.01. The maximum absolute atomic E-state index is 9.30. The van der Waals surface area contributed by atoms with E-state index in [1.165, 1.54) is 0 Å². The minimum absolute atomic E-state index is 0.205. The highest BCUT2D eigenvalue weighted by Gasteiger charge is 2.10. The molecule has 0 saturated carbocycles. The SMILES string of the molecule is Nc1n[nH]c2cncc(-c3ccc(Oc4ccc(O)cc4)cc3)c12. The van der Waals surface area contributed by atoms with Gasteiger partial charge in [0.1, 0.15) is 17.2 Å². The van der Waals surface area contributed by atoms with Crippen LogP contribution in [0, 0.1) is 0 Å². The molecule has 2 aromatic carbocycles. The third kappa shape index (κ3) is 2.50. The van der Waals surface area contributed by atoms with E-state index in [-0.39, 0.29) is 5.75 Å². The molecule has 0 aliphatic rings. The van der Waals surface area contributed by atoms with E-state index in [0.29, 0.717) is 17.3 Å². The van der Waals surface area contributed by atoms with Crippen LogP contribution in [0.25, 0.3) is 22.0 Å². The number of fused-ring (bicyclic) bond motifs is 1. The van der Waals surface area contributed by atoms with Gasteiger partial charge >= 0.3 is 0 Å². The summed E-state index contributed by atoms with van der Waals surface area (Å²) in [5, 5.41) is 17.0. The molecule has 0 aliphatic heterocycles. The fourth-order valence-electron chi connectivity index (χ4n) is 2.57. The lowest BCUT2D eigenvalue weighted by Crippen LogP contribution is -1.88. The van der Waals surface area contributed by atoms with E-state index in [4.69, 9.17) is 10.5 Å². The predicted octanol–water partition coefficient (Wildman–Crippen LogP) is 3.71. The van der Waals surface area contributed by atoms with E-state index in [2.05, 4.69) is 15.2 Å². The molecule has 0 saturated heterocycles. The van der Waals surface area contributed by atoms with Crippen molar-refractivity contribution in [3.8, 4) is 28.4 Å². The van der Waals surface area contributed by atoms with Crippen LogP contribution < -0.4 is 10.5 Å². The number of phenolic OH excluding ortho intramolecular Hbond substituents is 1. The summed E-state index contributed by atoms with van der Waals surface area (Å²) < 4.78 is 5.75. The smallest absolute Gasteiger partial charge is 0.153 e. The van der Waals surface area contributed by atoms with Gasteiger partial charge in [0.2, 0.25) is 0 Å². The Labute approximate surface area is 137 Å². The number of nitrogen functional groups attached to an aromatic ring is 1. The molecule has 118 valence electrons. The van der Waals surface area contributed by atoms with Crippen molar-refractivity contribution in [2.45, 2.75) is 0 Å². The van der Waals surface area contributed by atoms with Crippen molar-refractivity contribution in [1.29, 1.82) is 0 Å². The number of pyridine rings is 1. The summed E-state index contributed by atoms with van der Waals surface area (Å²) in [6, 6.07) is 14.2. The monoisotopic (exact) mass is 318 g/mol. The highest BCUT2D eigenvalue weighted by molar-refractivity contribution is 6.00. The number of H-pyrrole nitrogens is 1. The lowest BCUT2D eigenvalue weighted by Gasteiger charge is -2.08. The van der Waals surface area contributed by atoms with Crippen molar-refractivity contribution in [2.24, 2.45) is 0 Å². The van der Waals surface area contributed by atoms with Crippen LogP contribution in [0.5, 0.6) is 17.2 Å². The van der Waals surface area contributed by atoms with Crippen molar-refractivity contribution in [3.63, 3.8) is 0 Å². The minimum Gasteiger partial charge on any atom is -0.508 e. The number of hydrogen-bond acceptors (Lipinski definition) is 5. The number of anilines is 1. The summed E-state index contributed by atoms with van der Waals surface area (Å²) in [6.45, 7) is 0. The second kappa shape index (κ2) is 5.58. The second-order valence-electron chi connectivity index (χ2n) is 5.34. The third-order valence-electron chi connectivity index (χ3n) is 3.74. The normalized spacial score (nSPS) is 10.8. The lowest BCUT2D eigenvalue weighted by molar-refractivity contribution is 0.464. The summed E-state index contributed by atoms with van der Waals surface area (Å²) in [7, 11) is 0. The van der Waals surface area contributed by atoms with Crippen molar-refractivity contribution < 1.29 is 9.84 Å². The molecule has 0 radical (unpaired) electrons. The zero-order valence-corrected chi connectivity index (χ0v) is 12.6. The average Bonchev–Trinajstić information content (AvgIpc) is 2.99. The molecule has 4 N–H and O–H groups in total. The topological polar surface area (TPSA) is 97.1 Å². The van der Waals surface area contributed by atoms with Gasteiger partial charge in [0.05, 0.1) is 17.1 Å². The van der Waals surface area contributed by atoms with Crippen LogP contribution in [0.1, 0.15) is 0 Å². The van der Waals surface area contributed by atoms with E-state index in [0.717, 1.165) is 22.0 Å². The van der Waals surface area contributed by atoms with Crippen LogP contribution in [-0.4, -0.2) is 20.3 Å². The Kier molecular flexibility index (Phi) is 3.28. The molecule has 0 fully saturated rings. The molecule has 0 amide bonds. The predicted molar refractivity (Wildman–Crippen MR) is 91.9 cm³/mol. The number of hydrogen-bond donors (Lipinski definition) is 3. The Bertz CT molecular complexity index is 992. The number of aromatic hydroxyl groups is 1. The average molecular weight is 318 g/mol. The van der Waals surface area contributed by atoms with Crippen LogP contribution in [0.2, 0.25) is 0 Å². The summed E-state index contributed by atoms with van der Waals surface area (Å²) in [5.41, 5.74) is 8.63. The molecule has 24 heavy (non-hydrogen) atoms. The lowest BCUT2D eigenvalue weighted by atomic mass is 10.0. The number of nitrogens with two attached hydrogens (primary N) is 1. The van der Waals surface area contributed by atoms with Crippen LogP contribution >= 0.6 is 0 Å². The Morgan fingerprint density at radius 2 is 1.58 bits per heavy atom. The molecule has 4 rings (SSSR count). The van der Waals surface area contributed by atoms with E-state index >= 15 is 0 Å². The molecule has 4 aromatic rings. The van der Waals surface area contributed by atoms with Gasteiger partial charge in [0, 0.05) is 11.8 Å². The van der Waals surface area contributed by atoms with Crippen molar-refractivity contribution in [1.82, 2.24) is 15.2 Å². The number of rotatable bonds is 3. The number of phenols is 1. The standard InChI is InChI=1S/C18H14N4O2/c19-18-17-15(9-20-10-16(17)21-22-18)11-1-5-13(6-2-11)24-14-7-3-12(23)4-8-14/h1-10,23H,(H3,19,21,22). The number of nitrogens with one attached hydrogen (secondary N) is 1. The fourth-order valence-corrected chi connectivity index (χ4v) is 2.57. The molecule has 0 unspecified atom stereocenters. The molecule has 0 bridgehead atoms. The van der Waals surface area contributed by atoms with Gasteiger partial charge in [-0.25, -0.2) is 0 Å². The molecule has 2 heterocycles.